The first-order chi connectivity index (χ1) is 8.65. The van der Waals surface area contributed by atoms with Gasteiger partial charge < -0.3 is 16.4 Å². The standard InChI is InChI=1S/C12H20N4OS.ClH/c1-8(13)6-11(17)16-12-15-7-10(18-12)9-2-4-14-5-3-9;/h7-9,14H,2-6,13H2,1H3,(H,15,16,17);1H. The molecule has 5 nitrogen and oxygen atoms in total. The highest BCUT2D eigenvalue weighted by Crippen LogP contribution is 2.31. The average Bonchev–Trinajstić information content (AvgIpc) is 2.77. The second kappa shape index (κ2) is 7.79. The number of piperidine rings is 1. The molecule has 108 valence electrons. The van der Waals surface area contributed by atoms with Gasteiger partial charge in [-0.15, -0.1) is 23.7 Å². The summed E-state index contributed by atoms with van der Waals surface area (Å²) in [5.74, 6) is 0.527. The van der Waals surface area contributed by atoms with E-state index in [9.17, 15) is 4.79 Å². The molecule has 1 aromatic rings. The topological polar surface area (TPSA) is 80.0 Å². The van der Waals surface area contributed by atoms with Crippen molar-refractivity contribution in [2.75, 3.05) is 18.4 Å². The van der Waals surface area contributed by atoms with Crippen LogP contribution in [0.4, 0.5) is 5.13 Å². The highest BCUT2D eigenvalue weighted by Gasteiger charge is 2.18. The molecule has 4 N–H and O–H groups in total. The number of anilines is 1. The molecule has 1 aliphatic rings. The van der Waals surface area contributed by atoms with Crippen molar-refractivity contribution in [3.8, 4) is 0 Å². The lowest BCUT2D eigenvalue weighted by atomic mass is 9.97. The maximum atomic E-state index is 11.6. The number of hydrogen-bond acceptors (Lipinski definition) is 5. The third-order valence-electron chi connectivity index (χ3n) is 3.02. The lowest BCUT2D eigenvalue weighted by molar-refractivity contribution is -0.116. The van der Waals surface area contributed by atoms with Crippen LogP contribution in [-0.2, 0) is 4.79 Å². The molecule has 19 heavy (non-hydrogen) atoms. The van der Waals surface area contributed by atoms with Gasteiger partial charge in [0.25, 0.3) is 0 Å². The van der Waals surface area contributed by atoms with E-state index in [0.717, 1.165) is 25.9 Å². The van der Waals surface area contributed by atoms with Crippen molar-refractivity contribution in [1.82, 2.24) is 10.3 Å². The zero-order valence-electron chi connectivity index (χ0n) is 11.0. The number of hydrogen-bond donors (Lipinski definition) is 3. The summed E-state index contributed by atoms with van der Waals surface area (Å²) in [6, 6.07) is -0.117. The van der Waals surface area contributed by atoms with Crippen molar-refractivity contribution in [2.45, 2.75) is 38.1 Å². The van der Waals surface area contributed by atoms with Gasteiger partial charge in [-0.2, -0.15) is 0 Å². The van der Waals surface area contributed by atoms with Crippen LogP contribution in [0.1, 0.15) is 37.0 Å². The van der Waals surface area contributed by atoms with E-state index in [1.54, 1.807) is 11.3 Å². The van der Waals surface area contributed by atoms with E-state index >= 15 is 0 Å². The lowest BCUT2D eigenvalue weighted by Crippen LogP contribution is -2.26. The summed E-state index contributed by atoms with van der Waals surface area (Å²) in [5.41, 5.74) is 5.58. The smallest absolute Gasteiger partial charge is 0.227 e. The van der Waals surface area contributed by atoms with Crippen LogP contribution in [0.15, 0.2) is 6.20 Å². The van der Waals surface area contributed by atoms with Crippen LogP contribution in [-0.4, -0.2) is 30.0 Å². The largest absolute Gasteiger partial charge is 0.327 e. The Morgan fingerprint density at radius 1 is 1.63 bits per heavy atom. The Morgan fingerprint density at radius 2 is 2.32 bits per heavy atom. The monoisotopic (exact) mass is 304 g/mol. The molecule has 7 heteroatoms. The van der Waals surface area contributed by atoms with Crippen LogP contribution in [0.25, 0.3) is 0 Å². The van der Waals surface area contributed by atoms with E-state index in [2.05, 4.69) is 15.6 Å². The molecule has 1 atom stereocenters. The summed E-state index contributed by atoms with van der Waals surface area (Å²) >= 11 is 1.58. The van der Waals surface area contributed by atoms with Gasteiger partial charge in [-0.3, -0.25) is 4.79 Å². The molecular formula is C12H21ClN4OS. The Kier molecular flexibility index (Phi) is 6.71. The zero-order chi connectivity index (χ0) is 13.0. The van der Waals surface area contributed by atoms with Crippen LogP contribution >= 0.6 is 23.7 Å². The first kappa shape index (κ1) is 16.4. The van der Waals surface area contributed by atoms with Crippen LogP contribution in [0.3, 0.4) is 0 Å². The lowest BCUT2D eigenvalue weighted by Gasteiger charge is -2.20. The Balaban J connectivity index is 0.00000180. The number of rotatable bonds is 4. The summed E-state index contributed by atoms with van der Waals surface area (Å²) in [6.45, 7) is 3.95. The molecule has 0 spiro atoms. The van der Waals surface area contributed by atoms with E-state index in [1.165, 1.54) is 4.88 Å². The molecule has 2 heterocycles. The minimum Gasteiger partial charge on any atom is -0.327 e. The van der Waals surface area contributed by atoms with Gasteiger partial charge in [-0.05, 0) is 38.8 Å². The quantitative estimate of drug-likeness (QED) is 0.791. The fourth-order valence-corrected chi connectivity index (χ4v) is 3.10. The van der Waals surface area contributed by atoms with Crippen LogP contribution in [0.5, 0.6) is 0 Å². The molecule has 1 fully saturated rings. The van der Waals surface area contributed by atoms with Crippen LogP contribution < -0.4 is 16.4 Å². The first-order valence-corrected chi connectivity index (χ1v) is 7.18. The normalized spacial score (nSPS) is 17.6. The van der Waals surface area contributed by atoms with E-state index in [1.807, 2.05) is 13.1 Å². The summed E-state index contributed by atoms with van der Waals surface area (Å²) in [7, 11) is 0. The number of nitrogens with two attached hydrogens (primary N) is 1. The van der Waals surface area contributed by atoms with E-state index < -0.39 is 0 Å². The van der Waals surface area contributed by atoms with E-state index in [0.29, 0.717) is 17.5 Å². The van der Waals surface area contributed by atoms with Gasteiger partial charge in [0.2, 0.25) is 5.91 Å². The molecule has 1 aliphatic heterocycles. The van der Waals surface area contributed by atoms with Gasteiger partial charge in [-0.1, -0.05) is 0 Å². The van der Waals surface area contributed by atoms with Crippen molar-refractivity contribution >= 4 is 34.8 Å². The van der Waals surface area contributed by atoms with Gasteiger partial charge >= 0.3 is 0 Å². The predicted molar refractivity (Wildman–Crippen MR) is 81.1 cm³/mol. The molecule has 0 bridgehead atoms. The molecule has 0 aliphatic carbocycles. The van der Waals surface area contributed by atoms with E-state index in [4.69, 9.17) is 5.73 Å². The summed E-state index contributed by atoms with van der Waals surface area (Å²) in [5, 5.41) is 6.84. The highest BCUT2D eigenvalue weighted by atomic mass is 35.5. The number of aromatic nitrogens is 1. The third kappa shape index (κ3) is 5.06. The second-order valence-corrected chi connectivity index (χ2v) is 5.88. The molecule has 0 aromatic carbocycles. The Bertz CT molecular complexity index is 404. The van der Waals surface area contributed by atoms with Gasteiger partial charge in [0.05, 0.1) is 0 Å². The first-order valence-electron chi connectivity index (χ1n) is 6.37. The Labute approximate surface area is 123 Å². The number of carbonyl (C=O) groups is 1. The number of carbonyl (C=O) groups excluding carboxylic acids is 1. The minimum atomic E-state index is -0.117. The molecule has 1 aromatic heterocycles. The number of thiazole rings is 1. The van der Waals surface area contributed by atoms with Crippen molar-refractivity contribution in [3.05, 3.63) is 11.1 Å². The van der Waals surface area contributed by atoms with Crippen molar-refractivity contribution in [1.29, 1.82) is 0 Å². The van der Waals surface area contributed by atoms with Crippen LogP contribution in [0, 0.1) is 0 Å². The predicted octanol–water partition coefficient (Wildman–Crippen LogP) is 1.71. The number of halogens is 1. The minimum absolute atomic E-state index is 0. The molecular weight excluding hydrogens is 284 g/mol. The molecule has 1 amide bonds. The molecule has 0 saturated carbocycles. The zero-order valence-corrected chi connectivity index (χ0v) is 12.6. The maximum absolute atomic E-state index is 11.6. The van der Waals surface area contributed by atoms with E-state index in [-0.39, 0.29) is 24.4 Å². The van der Waals surface area contributed by atoms with Crippen molar-refractivity contribution in [2.24, 2.45) is 5.73 Å². The fourth-order valence-electron chi connectivity index (χ4n) is 2.10. The van der Waals surface area contributed by atoms with Crippen molar-refractivity contribution < 1.29 is 4.79 Å². The van der Waals surface area contributed by atoms with Gasteiger partial charge in [-0.25, -0.2) is 4.98 Å². The number of amides is 1. The SMILES string of the molecule is CC(N)CC(=O)Nc1ncc(C2CCNCC2)s1.Cl. The summed E-state index contributed by atoms with van der Waals surface area (Å²) < 4.78 is 0. The third-order valence-corrected chi connectivity index (χ3v) is 4.09. The molecule has 2 rings (SSSR count). The van der Waals surface area contributed by atoms with Gasteiger partial charge in [0.1, 0.15) is 0 Å². The molecule has 1 unspecified atom stereocenters. The maximum Gasteiger partial charge on any atom is 0.227 e. The van der Waals surface area contributed by atoms with Crippen molar-refractivity contribution in [3.63, 3.8) is 0 Å². The highest BCUT2D eigenvalue weighted by molar-refractivity contribution is 7.15. The number of nitrogens with one attached hydrogen (secondary N) is 2. The Hall–Kier alpha value is -0.690. The molecule has 0 radical (unpaired) electrons. The summed E-state index contributed by atoms with van der Waals surface area (Å²) in [4.78, 5) is 17.1. The number of nitrogens with zero attached hydrogens (tertiary/aromatic N) is 1. The Morgan fingerprint density at radius 3 is 2.95 bits per heavy atom. The molecule has 1 saturated heterocycles. The van der Waals surface area contributed by atoms with Gasteiger partial charge in [0, 0.05) is 23.5 Å². The summed E-state index contributed by atoms with van der Waals surface area (Å²) in [6.07, 6.45) is 4.52. The fraction of sp³-hybridized carbons (Fsp3) is 0.667. The average molecular weight is 305 g/mol. The van der Waals surface area contributed by atoms with Gasteiger partial charge in [0.15, 0.2) is 5.13 Å². The van der Waals surface area contributed by atoms with Crippen LogP contribution in [0.2, 0.25) is 0 Å². The second-order valence-electron chi connectivity index (χ2n) is 4.82.